The van der Waals surface area contributed by atoms with Gasteiger partial charge in [0.1, 0.15) is 5.56 Å². The second kappa shape index (κ2) is 9.12. The Balaban J connectivity index is 1.86. The molecule has 0 spiro atoms. The molecule has 0 radical (unpaired) electrons. The minimum Gasteiger partial charge on any atom is -0.493 e. The normalized spacial score (nSPS) is 14.6. The zero-order chi connectivity index (χ0) is 21.8. The first-order chi connectivity index (χ1) is 15.1. The Labute approximate surface area is 180 Å². The lowest BCUT2D eigenvalue weighted by Crippen LogP contribution is -2.35. The van der Waals surface area contributed by atoms with Gasteiger partial charge in [0.2, 0.25) is 5.55 Å². The Morgan fingerprint density at radius 3 is 2.42 bits per heavy atom. The molecule has 31 heavy (non-hydrogen) atoms. The van der Waals surface area contributed by atoms with Gasteiger partial charge in [0.05, 0.1) is 27.0 Å². The summed E-state index contributed by atoms with van der Waals surface area (Å²) in [6.07, 6.45) is 4.25. The summed E-state index contributed by atoms with van der Waals surface area (Å²) in [6.45, 7) is 0. The lowest BCUT2D eigenvalue weighted by molar-refractivity contribution is 0.0934. The summed E-state index contributed by atoms with van der Waals surface area (Å²) in [6, 6.07) is 12.8. The first kappa shape index (κ1) is 20.8. The first-order valence-corrected chi connectivity index (χ1v) is 10.3. The van der Waals surface area contributed by atoms with Gasteiger partial charge in [0.25, 0.3) is 5.91 Å². The summed E-state index contributed by atoms with van der Waals surface area (Å²) in [5, 5.41) is 3.89. The molecular weight excluding hydrogens is 396 g/mol. The quantitative estimate of drug-likeness (QED) is 0.638. The second-order valence-electron chi connectivity index (χ2n) is 7.45. The fraction of sp³-hybridized carbons (Fsp3) is 0.333. The number of methoxy groups -OCH3 is 3. The molecule has 1 aliphatic rings. The van der Waals surface area contributed by atoms with E-state index in [-0.39, 0.29) is 17.5 Å². The van der Waals surface area contributed by atoms with Crippen LogP contribution < -0.4 is 25.1 Å². The maximum atomic E-state index is 13.1. The third kappa shape index (κ3) is 4.35. The third-order valence-corrected chi connectivity index (χ3v) is 5.49. The molecule has 1 amide bonds. The van der Waals surface area contributed by atoms with Gasteiger partial charge in [0.15, 0.2) is 22.8 Å². The van der Waals surface area contributed by atoms with Crippen LogP contribution in [0.1, 0.15) is 36.0 Å². The Morgan fingerprint density at radius 2 is 1.71 bits per heavy atom. The molecule has 0 saturated heterocycles. The smallest absolute Gasteiger partial charge is 0.257 e. The number of hydrogen-bond donors (Lipinski definition) is 1. The first-order valence-electron chi connectivity index (χ1n) is 10.3. The Morgan fingerprint density at radius 1 is 0.968 bits per heavy atom. The van der Waals surface area contributed by atoms with Crippen LogP contribution >= 0.6 is 0 Å². The van der Waals surface area contributed by atoms with Gasteiger partial charge < -0.3 is 23.9 Å². The average molecular weight is 422 g/mol. The second-order valence-corrected chi connectivity index (χ2v) is 7.45. The van der Waals surface area contributed by atoms with Crippen LogP contribution in [0.2, 0.25) is 0 Å². The van der Waals surface area contributed by atoms with Crippen molar-refractivity contribution in [3.63, 3.8) is 0 Å². The number of hydrogen-bond acceptors (Lipinski definition) is 6. The van der Waals surface area contributed by atoms with Crippen molar-refractivity contribution in [3.8, 4) is 17.2 Å². The largest absolute Gasteiger partial charge is 0.493 e. The molecule has 0 unspecified atom stereocenters. The highest BCUT2D eigenvalue weighted by molar-refractivity contribution is 5.97. The average Bonchev–Trinajstić information content (AvgIpc) is 3.31. The summed E-state index contributed by atoms with van der Waals surface area (Å²) in [7, 11) is 4.72. The monoisotopic (exact) mass is 422 g/mol. The number of amides is 1. The summed E-state index contributed by atoms with van der Waals surface area (Å²) >= 11 is 0. The van der Waals surface area contributed by atoms with E-state index < -0.39 is 0 Å². The van der Waals surface area contributed by atoms with E-state index in [0.29, 0.717) is 34.1 Å². The number of rotatable bonds is 6. The van der Waals surface area contributed by atoms with Crippen LogP contribution in [0.15, 0.2) is 51.9 Å². The molecule has 2 aromatic carbocycles. The van der Waals surface area contributed by atoms with Gasteiger partial charge in [-0.15, -0.1) is 0 Å². The molecule has 1 N–H and O–H groups in total. The van der Waals surface area contributed by atoms with Gasteiger partial charge in [-0.2, -0.15) is 0 Å². The molecule has 0 atom stereocenters. The van der Waals surface area contributed by atoms with E-state index in [1.807, 2.05) is 18.2 Å². The number of nitrogens with one attached hydrogen (secondary N) is 1. The summed E-state index contributed by atoms with van der Waals surface area (Å²) in [5.41, 5.74) is 1.69. The van der Waals surface area contributed by atoms with E-state index in [4.69, 9.17) is 18.6 Å². The molecule has 3 aromatic rings. The van der Waals surface area contributed by atoms with Crippen molar-refractivity contribution in [1.29, 1.82) is 0 Å². The highest BCUT2D eigenvalue weighted by Crippen LogP contribution is 2.31. The van der Waals surface area contributed by atoms with Crippen molar-refractivity contribution in [2.75, 3.05) is 21.3 Å². The molecule has 1 aromatic heterocycles. The number of fused-ring (bicyclic) bond motifs is 1. The number of benzene rings is 2. The van der Waals surface area contributed by atoms with Crippen molar-refractivity contribution in [1.82, 2.24) is 5.32 Å². The topological polar surface area (TPSA) is 82.3 Å². The van der Waals surface area contributed by atoms with Crippen LogP contribution in [0, 0.1) is 0 Å². The van der Waals surface area contributed by atoms with Crippen molar-refractivity contribution < 1.29 is 23.4 Å². The Hall–Kier alpha value is -3.48. The number of carbonyl (C=O) groups excluding carboxylic acids is 1. The van der Waals surface area contributed by atoms with E-state index in [1.165, 1.54) is 0 Å². The molecule has 7 nitrogen and oxygen atoms in total. The van der Waals surface area contributed by atoms with Gasteiger partial charge in [-0.1, -0.05) is 25.0 Å². The van der Waals surface area contributed by atoms with Gasteiger partial charge >= 0.3 is 0 Å². The van der Waals surface area contributed by atoms with E-state index in [9.17, 15) is 4.79 Å². The molecule has 162 valence electrons. The Bertz CT molecular complexity index is 1160. The van der Waals surface area contributed by atoms with Gasteiger partial charge in [0, 0.05) is 17.5 Å². The summed E-state index contributed by atoms with van der Waals surface area (Å²) in [4.78, 5) is 17.8. The summed E-state index contributed by atoms with van der Waals surface area (Å²) in [5.74, 6) is 1.51. The minimum absolute atomic E-state index is 0.183. The fourth-order valence-electron chi connectivity index (χ4n) is 3.88. The highest BCUT2D eigenvalue weighted by Gasteiger charge is 2.21. The van der Waals surface area contributed by atoms with Crippen molar-refractivity contribution in [2.24, 2.45) is 4.99 Å². The maximum absolute atomic E-state index is 13.1. The molecule has 1 saturated carbocycles. The van der Waals surface area contributed by atoms with Crippen LogP contribution in [0.4, 0.5) is 5.69 Å². The molecule has 0 bridgehead atoms. The van der Waals surface area contributed by atoms with Gasteiger partial charge in [-0.3, -0.25) is 4.79 Å². The minimum atomic E-state index is -0.195. The predicted octanol–water partition coefficient (Wildman–Crippen LogP) is 4.36. The van der Waals surface area contributed by atoms with Crippen LogP contribution in [0.3, 0.4) is 0 Å². The maximum Gasteiger partial charge on any atom is 0.257 e. The lowest BCUT2D eigenvalue weighted by atomic mass is 10.1. The van der Waals surface area contributed by atoms with Crippen LogP contribution in [0.25, 0.3) is 11.0 Å². The van der Waals surface area contributed by atoms with Gasteiger partial charge in [-0.25, -0.2) is 4.99 Å². The van der Waals surface area contributed by atoms with Crippen molar-refractivity contribution in [2.45, 2.75) is 31.7 Å². The molecule has 0 aliphatic heterocycles. The van der Waals surface area contributed by atoms with Crippen LogP contribution in [-0.4, -0.2) is 33.3 Å². The van der Waals surface area contributed by atoms with E-state index in [0.717, 1.165) is 31.1 Å². The zero-order valence-electron chi connectivity index (χ0n) is 17.9. The van der Waals surface area contributed by atoms with E-state index >= 15 is 0 Å². The van der Waals surface area contributed by atoms with E-state index in [1.54, 1.807) is 45.6 Å². The van der Waals surface area contributed by atoms with Gasteiger partial charge in [-0.05, 0) is 37.1 Å². The lowest BCUT2D eigenvalue weighted by Gasteiger charge is -2.13. The molecule has 1 heterocycles. The van der Waals surface area contributed by atoms with Crippen LogP contribution in [0.5, 0.6) is 17.2 Å². The Kier molecular flexibility index (Phi) is 6.11. The summed E-state index contributed by atoms with van der Waals surface area (Å²) < 4.78 is 22.2. The SMILES string of the molecule is COc1ccc(N=c2oc3c(OC)cccc3cc2C(=O)NC2CCCC2)cc1OC. The number of nitrogens with zero attached hydrogens (tertiary/aromatic N) is 1. The van der Waals surface area contributed by atoms with Crippen molar-refractivity contribution in [3.05, 3.63) is 53.6 Å². The molecular formula is C24H26N2O5. The van der Waals surface area contributed by atoms with Crippen molar-refractivity contribution >= 4 is 22.6 Å². The zero-order valence-corrected chi connectivity index (χ0v) is 17.9. The van der Waals surface area contributed by atoms with E-state index in [2.05, 4.69) is 10.3 Å². The molecule has 1 aliphatic carbocycles. The highest BCUT2D eigenvalue weighted by atomic mass is 16.5. The third-order valence-electron chi connectivity index (χ3n) is 5.49. The fourth-order valence-corrected chi connectivity index (χ4v) is 3.88. The molecule has 7 heteroatoms. The predicted molar refractivity (Wildman–Crippen MR) is 117 cm³/mol. The number of para-hydroxylation sites is 1. The number of carbonyl (C=O) groups is 1. The number of ether oxygens (including phenoxy) is 3. The molecule has 1 fully saturated rings. The standard InChI is InChI=1S/C24H26N2O5/c1-28-19-12-11-17(14-21(19)30-3)26-24-18(23(27)25-16-8-4-5-9-16)13-15-7-6-10-20(29-2)22(15)31-24/h6-7,10-14,16H,4-5,8-9H2,1-3H3,(H,25,27). The van der Waals surface area contributed by atoms with Crippen LogP contribution in [-0.2, 0) is 0 Å². The molecule has 4 rings (SSSR count).